The second-order valence-corrected chi connectivity index (χ2v) is 4.22. The molecule has 0 aliphatic rings. The number of alkyl halides is 3. The standard InChI is InChI=1S/C15H11F3O2/c1-10-4-2-3-5-13(10)14(19)11-6-8-12(9-7-11)20-15(16,17)18/h2-9H,1H3. The molecule has 0 aliphatic heterocycles. The van der Waals surface area contributed by atoms with Crippen molar-refractivity contribution in [1.82, 2.24) is 0 Å². The van der Waals surface area contributed by atoms with Gasteiger partial charge in [0.15, 0.2) is 5.78 Å². The van der Waals surface area contributed by atoms with Crippen molar-refractivity contribution in [2.75, 3.05) is 0 Å². The molecule has 0 bridgehead atoms. The van der Waals surface area contributed by atoms with Crippen LogP contribution in [0, 0.1) is 6.92 Å². The quantitative estimate of drug-likeness (QED) is 0.790. The molecule has 0 saturated heterocycles. The van der Waals surface area contributed by atoms with Crippen LogP contribution < -0.4 is 4.74 Å². The zero-order valence-electron chi connectivity index (χ0n) is 10.6. The number of hydrogen-bond acceptors (Lipinski definition) is 2. The maximum absolute atomic E-state index is 12.2. The first-order valence-electron chi connectivity index (χ1n) is 5.83. The van der Waals surface area contributed by atoms with Gasteiger partial charge in [0.2, 0.25) is 0 Å². The Hall–Kier alpha value is -2.30. The van der Waals surface area contributed by atoms with Crippen LogP contribution in [-0.2, 0) is 0 Å². The van der Waals surface area contributed by atoms with Crippen molar-refractivity contribution in [1.29, 1.82) is 0 Å². The van der Waals surface area contributed by atoms with E-state index in [-0.39, 0.29) is 11.5 Å². The summed E-state index contributed by atoms with van der Waals surface area (Å²) in [4.78, 5) is 12.2. The summed E-state index contributed by atoms with van der Waals surface area (Å²) in [6.45, 7) is 1.80. The highest BCUT2D eigenvalue weighted by Gasteiger charge is 2.31. The Morgan fingerprint density at radius 3 is 2.15 bits per heavy atom. The van der Waals surface area contributed by atoms with Crippen molar-refractivity contribution >= 4 is 5.78 Å². The van der Waals surface area contributed by atoms with Crippen LogP contribution in [0.1, 0.15) is 21.5 Å². The monoisotopic (exact) mass is 280 g/mol. The van der Waals surface area contributed by atoms with Crippen molar-refractivity contribution < 1.29 is 22.7 Å². The van der Waals surface area contributed by atoms with E-state index < -0.39 is 6.36 Å². The normalized spacial score (nSPS) is 11.2. The first-order chi connectivity index (χ1) is 9.37. The van der Waals surface area contributed by atoms with Crippen LogP contribution in [0.2, 0.25) is 0 Å². The summed E-state index contributed by atoms with van der Waals surface area (Å²) in [6, 6.07) is 11.9. The van der Waals surface area contributed by atoms with Crippen LogP contribution in [0.4, 0.5) is 13.2 Å². The molecule has 2 aromatic rings. The molecule has 0 amide bonds. The average Bonchev–Trinajstić information content (AvgIpc) is 2.37. The highest BCUT2D eigenvalue weighted by atomic mass is 19.4. The lowest BCUT2D eigenvalue weighted by Gasteiger charge is -2.09. The highest BCUT2D eigenvalue weighted by Crippen LogP contribution is 2.23. The Balaban J connectivity index is 2.22. The third-order valence-corrected chi connectivity index (χ3v) is 2.74. The predicted octanol–water partition coefficient (Wildman–Crippen LogP) is 4.12. The lowest BCUT2D eigenvalue weighted by atomic mass is 9.99. The fraction of sp³-hybridized carbons (Fsp3) is 0.133. The molecule has 2 nitrogen and oxygen atoms in total. The molecule has 5 heteroatoms. The Morgan fingerprint density at radius 2 is 1.60 bits per heavy atom. The molecule has 20 heavy (non-hydrogen) atoms. The van der Waals surface area contributed by atoms with Crippen LogP contribution in [0.15, 0.2) is 48.5 Å². The number of ether oxygens (including phenoxy) is 1. The summed E-state index contributed by atoms with van der Waals surface area (Å²) in [7, 11) is 0. The van der Waals surface area contributed by atoms with E-state index >= 15 is 0 Å². The van der Waals surface area contributed by atoms with E-state index in [0.717, 1.165) is 17.7 Å². The van der Waals surface area contributed by atoms with Gasteiger partial charge in [0.1, 0.15) is 5.75 Å². The first-order valence-corrected chi connectivity index (χ1v) is 5.83. The SMILES string of the molecule is Cc1ccccc1C(=O)c1ccc(OC(F)(F)F)cc1. The number of halogens is 3. The van der Waals surface area contributed by atoms with E-state index in [2.05, 4.69) is 4.74 Å². The van der Waals surface area contributed by atoms with Crippen LogP contribution in [0.3, 0.4) is 0 Å². The maximum atomic E-state index is 12.2. The topological polar surface area (TPSA) is 26.3 Å². The third-order valence-electron chi connectivity index (χ3n) is 2.74. The van der Waals surface area contributed by atoms with Gasteiger partial charge in [-0.3, -0.25) is 4.79 Å². The predicted molar refractivity (Wildman–Crippen MR) is 67.7 cm³/mol. The number of aryl methyl sites for hydroxylation is 1. The zero-order valence-corrected chi connectivity index (χ0v) is 10.6. The minimum Gasteiger partial charge on any atom is -0.406 e. The second kappa shape index (κ2) is 5.36. The van der Waals surface area contributed by atoms with Crippen LogP contribution >= 0.6 is 0 Å². The number of ketones is 1. The molecule has 0 spiro atoms. The number of carbonyl (C=O) groups excluding carboxylic acids is 1. The average molecular weight is 280 g/mol. The van der Waals surface area contributed by atoms with Crippen molar-refractivity contribution in [3.63, 3.8) is 0 Å². The molecule has 0 heterocycles. The zero-order chi connectivity index (χ0) is 14.8. The minimum atomic E-state index is -4.73. The molecule has 0 fully saturated rings. The molecule has 104 valence electrons. The van der Waals surface area contributed by atoms with Crippen molar-refractivity contribution in [3.05, 3.63) is 65.2 Å². The maximum Gasteiger partial charge on any atom is 0.573 e. The smallest absolute Gasteiger partial charge is 0.406 e. The molecule has 2 aromatic carbocycles. The van der Waals surface area contributed by atoms with Gasteiger partial charge in [-0.25, -0.2) is 0 Å². The Morgan fingerprint density at radius 1 is 1.00 bits per heavy atom. The Kier molecular flexibility index (Phi) is 3.79. The van der Waals surface area contributed by atoms with Gasteiger partial charge in [-0.1, -0.05) is 24.3 Å². The third kappa shape index (κ3) is 3.38. The summed E-state index contributed by atoms with van der Waals surface area (Å²) in [6.07, 6.45) is -4.73. The van der Waals surface area contributed by atoms with Gasteiger partial charge in [0.25, 0.3) is 0 Å². The lowest BCUT2D eigenvalue weighted by molar-refractivity contribution is -0.274. The molecular weight excluding hydrogens is 269 g/mol. The number of carbonyl (C=O) groups is 1. The van der Waals surface area contributed by atoms with Gasteiger partial charge in [-0.05, 0) is 36.8 Å². The minimum absolute atomic E-state index is 0.235. The molecule has 0 unspecified atom stereocenters. The largest absolute Gasteiger partial charge is 0.573 e. The molecule has 0 atom stereocenters. The van der Waals surface area contributed by atoms with Gasteiger partial charge >= 0.3 is 6.36 Å². The number of benzene rings is 2. The van der Waals surface area contributed by atoms with E-state index in [4.69, 9.17) is 0 Å². The fourth-order valence-electron chi connectivity index (χ4n) is 1.79. The van der Waals surface area contributed by atoms with Gasteiger partial charge in [0.05, 0.1) is 0 Å². The van der Waals surface area contributed by atoms with E-state index in [1.807, 2.05) is 6.07 Å². The van der Waals surface area contributed by atoms with E-state index in [1.54, 1.807) is 25.1 Å². The molecule has 0 saturated carbocycles. The summed E-state index contributed by atoms with van der Waals surface area (Å²) in [5.41, 5.74) is 1.65. The fourth-order valence-corrected chi connectivity index (χ4v) is 1.79. The molecular formula is C15H11F3O2. The van der Waals surface area contributed by atoms with Gasteiger partial charge in [-0.2, -0.15) is 0 Å². The summed E-state index contributed by atoms with van der Waals surface area (Å²) < 4.78 is 39.8. The Labute approximate surface area is 113 Å². The number of rotatable bonds is 3. The molecule has 0 aliphatic carbocycles. The summed E-state index contributed by atoms with van der Waals surface area (Å²) in [5.74, 6) is -0.583. The molecule has 0 N–H and O–H groups in total. The van der Waals surface area contributed by atoms with Crippen molar-refractivity contribution in [2.45, 2.75) is 13.3 Å². The number of hydrogen-bond donors (Lipinski definition) is 0. The highest BCUT2D eigenvalue weighted by molar-refractivity contribution is 6.09. The molecule has 0 aromatic heterocycles. The van der Waals surface area contributed by atoms with Crippen molar-refractivity contribution in [2.24, 2.45) is 0 Å². The van der Waals surface area contributed by atoms with Gasteiger partial charge in [-0.15, -0.1) is 13.2 Å². The van der Waals surface area contributed by atoms with Gasteiger partial charge < -0.3 is 4.74 Å². The molecule has 0 radical (unpaired) electrons. The van der Waals surface area contributed by atoms with Crippen LogP contribution in [-0.4, -0.2) is 12.1 Å². The summed E-state index contributed by atoms with van der Waals surface area (Å²) in [5, 5.41) is 0. The van der Waals surface area contributed by atoms with E-state index in [1.165, 1.54) is 12.1 Å². The summed E-state index contributed by atoms with van der Waals surface area (Å²) >= 11 is 0. The van der Waals surface area contributed by atoms with E-state index in [0.29, 0.717) is 11.1 Å². The Bertz CT molecular complexity index is 616. The van der Waals surface area contributed by atoms with Gasteiger partial charge in [0, 0.05) is 11.1 Å². The van der Waals surface area contributed by atoms with Crippen molar-refractivity contribution in [3.8, 4) is 5.75 Å². The van der Waals surface area contributed by atoms with E-state index in [9.17, 15) is 18.0 Å². The lowest BCUT2D eigenvalue weighted by Crippen LogP contribution is -2.17. The second-order valence-electron chi connectivity index (χ2n) is 4.22. The van der Waals surface area contributed by atoms with Crippen LogP contribution in [0.25, 0.3) is 0 Å². The molecule has 2 rings (SSSR count). The first kappa shape index (κ1) is 14.1. The van der Waals surface area contributed by atoms with Crippen LogP contribution in [0.5, 0.6) is 5.75 Å².